The number of ether oxygens (including phenoxy) is 2. The minimum absolute atomic E-state index is 0.190. The number of thiazole rings is 2. The second-order valence-electron chi connectivity index (χ2n) is 19.5. The van der Waals surface area contributed by atoms with Gasteiger partial charge >= 0.3 is 0 Å². The molecule has 6 aromatic heterocycles. The third-order valence-corrected chi connectivity index (χ3v) is 17.2. The van der Waals surface area contributed by atoms with Gasteiger partial charge in [0.05, 0.1) is 82.6 Å². The molecule has 0 bridgehead atoms. The number of rotatable bonds is 23. The van der Waals surface area contributed by atoms with E-state index in [1.807, 2.05) is 25.1 Å². The van der Waals surface area contributed by atoms with Crippen molar-refractivity contribution >= 4 is 69.7 Å². The zero-order chi connectivity index (χ0) is 52.3. The molecule has 6 unspecified atom stereocenters. The van der Waals surface area contributed by atoms with E-state index in [0.29, 0.717) is 95.6 Å². The SMILES string of the molecule is CC(CCOc1cncc(-c2cnc(C(=O)NC(CN3CCC(O)C3)c3cc(NS(=O)C4CC4)ccn3)s2)n1)C1CC1.CCOc1cncc(-c2cnc(C(=O)NC(CN3CCC(C)C3)c3cc(NS)ccn3)s2)n1. The van der Waals surface area contributed by atoms with Crippen molar-refractivity contribution in [3.8, 4) is 32.9 Å². The molecule has 2 aliphatic carbocycles. The van der Waals surface area contributed by atoms with Crippen LogP contribution >= 0.6 is 35.5 Å². The number of nitrogens with zero attached hydrogens (tertiary/aromatic N) is 10. The molecule has 0 spiro atoms. The first kappa shape index (κ1) is 54.0. The molecule has 2 saturated heterocycles. The molecule has 6 atom stereocenters. The van der Waals surface area contributed by atoms with Crippen LogP contribution < -0.4 is 29.6 Å². The van der Waals surface area contributed by atoms with Gasteiger partial charge in [0, 0.05) is 68.9 Å². The Morgan fingerprint density at radius 1 is 0.773 bits per heavy atom. The maximum absolute atomic E-state index is 13.4. The summed E-state index contributed by atoms with van der Waals surface area (Å²) in [5, 5.41) is 17.1. The minimum atomic E-state index is -1.14. The number of β-amino-alcohol motifs (C(OH)–C–C–N with tert-alkyl or cyclic N) is 1. The normalized spacial score (nSPS) is 19.3. The number of pyridine rings is 2. The molecule has 10 rings (SSSR count). The van der Waals surface area contributed by atoms with Crippen LogP contribution in [0.5, 0.6) is 11.8 Å². The first-order chi connectivity index (χ1) is 36.5. The molecule has 2 aliphatic heterocycles. The molecule has 5 N–H and O–H groups in total. The van der Waals surface area contributed by atoms with Gasteiger partial charge in [0.2, 0.25) is 11.8 Å². The lowest BCUT2D eigenvalue weighted by molar-refractivity contribution is 0.0916. The Hall–Kier alpha value is -5.76. The number of hydrogen-bond acceptors (Lipinski definition) is 20. The summed E-state index contributed by atoms with van der Waals surface area (Å²) in [7, 11) is -1.14. The van der Waals surface area contributed by atoms with Crippen LogP contribution in [-0.2, 0) is 11.0 Å². The Bertz CT molecular complexity index is 2890. The predicted molar refractivity (Wildman–Crippen MR) is 293 cm³/mol. The maximum Gasteiger partial charge on any atom is 0.280 e. The number of carbonyl (C=O) groups is 2. The number of nitrogens with one attached hydrogen (secondary N) is 4. The van der Waals surface area contributed by atoms with Gasteiger partial charge in [-0.2, -0.15) is 0 Å². The maximum atomic E-state index is 13.4. The molecule has 0 radical (unpaired) electrons. The Kier molecular flexibility index (Phi) is 18.6. The molecule has 2 saturated carbocycles. The van der Waals surface area contributed by atoms with Crippen molar-refractivity contribution in [2.45, 2.75) is 89.2 Å². The summed E-state index contributed by atoms with van der Waals surface area (Å²) in [5.74, 6) is 2.47. The van der Waals surface area contributed by atoms with Gasteiger partial charge < -0.3 is 39.6 Å². The van der Waals surface area contributed by atoms with Gasteiger partial charge in [-0.05, 0) is 100 Å². The quantitative estimate of drug-likeness (QED) is 0.0352. The van der Waals surface area contributed by atoms with Crippen LogP contribution in [0.1, 0.15) is 109 Å². The van der Waals surface area contributed by atoms with E-state index < -0.39 is 17.0 Å². The van der Waals surface area contributed by atoms with E-state index >= 15 is 0 Å². The van der Waals surface area contributed by atoms with Crippen molar-refractivity contribution in [1.82, 2.24) is 60.3 Å². The smallest absolute Gasteiger partial charge is 0.280 e. The summed E-state index contributed by atoms with van der Waals surface area (Å²) >= 11 is 6.64. The van der Waals surface area contributed by atoms with Gasteiger partial charge in [-0.15, -0.1) is 22.7 Å². The number of aliphatic hydroxyl groups is 1. The standard InChI is InChI=1S/C29H37N7O4S2.C22H27N7O2S2/c1-18(19-2-3-19)8-11-40-27-15-30-13-24(33-27)26-14-32-29(41-26)28(38)34-25(17-36-10-7-21(37)16-36)23-12-20(6-9-31-23)35-42(39)22-4-5-22;1-3-31-20-11-23-9-17(26-20)19-10-25-22(33-19)21(30)27-18(13-29-7-5-14(2)12-29)16-8-15(28-32)4-6-24-16/h6,9,12-15,18-19,21-22,25,37H,2-5,7-8,10-11,16-17H2,1H3,(H,31,35)(H,34,38);4,6,8-11,14,18,32H,3,5,7,12-13H2,1-2H3,(H,24,28)(H,27,30). The van der Waals surface area contributed by atoms with Crippen LogP contribution in [0.25, 0.3) is 21.1 Å². The molecule has 0 aromatic carbocycles. The average Bonchev–Trinajstić information content (AvgIpc) is 4.24. The van der Waals surface area contributed by atoms with Crippen LogP contribution in [0, 0.1) is 17.8 Å². The van der Waals surface area contributed by atoms with E-state index in [4.69, 9.17) is 9.47 Å². The summed E-state index contributed by atoms with van der Waals surface area (Å²) in [4.78, 5) is 67.7. The van der Waals surface area contributed by atoms with E-state index in [2.05, 4.69) is 96.4 Å². The Balaban J connectivity index is 0.000000189. The molecule has 6 aromatic rings. The first-order valence-corrected chi connectivity index (χ1v) is 28.8. The Labute approximate surface area is 452 Å². The van der Waals surface area contributed by atoms with Crippen LogP contribution in [0.3, 0.4) is 0 Å². The molecule has 2 amide bonds. The highest BCUT2D eigenvalue weighted by molar-refractivity contribution is 7.87. The molecule has 75 heavy (non-hydrogen) atoms. The zero-order valence-corrected chi connectivity index (χ0v) is 45.6. The minimum Gasteiger partial charge on any atom is -0.477 e. The molecular formula is C51H64N14O6S4. The highest BCUT2D eigenvalue weighted by Crippen LogP contribution is 2.38. The molecule has 24 heteroatoms. The molecule has 398 valence electrons. The van der Waals surface area contributed by atoms with Gasteiger partial charge in [0.15, 0.2) is 10.0 Å². The summed E-state index contributed by atoms with van der Waals surface area (Å²) in [5.41, 5.74) is 4.16. The third-order valence-electron chi connectivity index (χ3n) is 13.4. The van der Waals surface area contributed by atoms with Crippen LogP contribution in [0.15, 0.2) is 73.8 Å². The van der Waals surface area contributed by atoms with Gasteiger partial charge in [0.1, 0.15) is 22.4 Å². The summed E-state index contributed by atoms with van der Waals surface area (Å²) in [6, 6.07) is 6.61. The monoisotopic (exact) mass is 1100 g/mol. The fourth-order valence-electron chi connectivity index (χ4n) is 8.91. The van der Waals surface area contributed by atoms with Gasteiger partial charge in [-0.1, -0.05) is 26.7 Å². The number of likely N-dealkylation sites (tertiary alicyclic amines) is 2. The fourth-order valence-corrected chi connectivity index (χ4v) is 11.7. The largest absolute Gasteiger partial charge is 0.477 e. The van der Waals surface area contributed by atoms with Gasteiger partial charge in [-0.3, -0.25) is 34.4 Å². The van der Waals surface area contributed by atoms with E-state index in [1.54, 1.807) is 55.6 Å². The third kappa shape index (κ3) is 15.4. The number of amides is 2. The zero-order valence-electron chi connectivity index (χ0n) is 42.2. The molecule has 4 fully saturated rings. The summed E-state index contributed by atoms with van der Waals surface area (Å²) in [6.07, 6.45) is 20.1. The topological polar surface area (TPSA) is 248 Å². The molecule has 8 heterocycles. The first-order valence-electron chi connectivity index (χ1n) is 25.5. The second-order valence-corrected chi connectivity index (χ2v) is 23.2. The summed E-state index contributed by atoms with van der Waals surface area (Å²) < 4.78 is 29.6. The second kappa shape index (κ2) is 25.9. The van der Waals surface area contributed by atoms with Crippen molar-refractivity contribution in [3.05, 3.63) is 95.2 Å². The summed E-state index contributed by atoms with van der Waals surface area (Å²) in [6.45, 7) is 12.0. The Morgan fingerprint density at radius 2 is 1.35 bits per heavy atom. The van der Waals surface area contributed by atoms with Crippen molar-refractivity contribution in [2.24, 2.45) is 17.8 Å². The van der Waals surface area contributed by atoms with Crippen LogP contribution in [0.4, 0.5) is 11.4 Å². The van der Waals surface area contributed by atoms with Crippen molar-refractivity contribution in [2.75, 3.05) is 61.9 Å². The highest BCUT2D eigenvalue weighted by Gasteiger charge is 2.31. The van der Waals surface area contributed by atoms with E-state index in [1.165, 1.54) is 35.5 Å². The number of carbonyl (C=O) groups excluding carboxylic acids is 2. The highest BCUT2D eigenvalue weighted by atomic mass is 32.2. The molecule has 4 aliphatic rings. The number of aromatic nitrogens is 8. The van der Waals surface area contributed by atoms with Crippen LogP contribution in [-0.4, -0.2) is 135 Å². The molecular weight excluding hydrogens is 1030 g/mol. The van der Waals surface area contributed by atoms with E-state index in [0.717, 1.165) is 72.4 Å². The lowest BCUT2D eigenvalue weighted by Gasteiger charge is -2.24. The van der Waals surface area contributed by atoms with E-state index in [-0.39, 0.29) is 29.2 Å². The fraction of sp³-hybridized carbons (Fsp3) is 0.490. The van der Waals surface area contributed by atoms with E-state index in [9.17, 15) is 18.9 Å². The van der Waals surface area contributed by atoms with Gasteiger partial charge in [0.25, 0.3) is 11.8 Å². The number of hydrogen-bond donors (Lipinski definition) is 6. The van der Waals surface area contributed by atoms with Gasteiger partial charge in [-0.25, -0.2) is 24.1 Å². The lowest BCUT2D eigenvalue weighted by Crippen LogP contribution is -2.38. The van der Waals surface area contributed by atoms with Crippen LogP contribution in [0.2, 0.25) is 0 Å². The van der Waals surface area contributed by atoms with Crippen molar-refractivity contribution < 1.29 is 28.4 Å². The number of aliphatic hydroxyl groups excluding tert-OH is 1. The van der Waals surface area contributed by atoms with Crippen molar-refractivity contribution in [1.29, 1.82) is 0 Å². The molecule has 20 nitrogen and oxygen atoms in total. The van der Waals surface area contributed by atoms with Crippen molar-refractivity contribution in [3.63, 3.8) is 0 Å². The lowest BCUT2D eigenvalue weighted by atomic mass is 10.0. The average molecular weight is 1100 g/mol. The number of anilines is 2. The number of thiol groups is 1. The predicted octanol–water partition coefficient (Wildman–Crippen LogP) is 7.05. The Morgan fingerprint density at radius 3 is 1.88 bits per heavy atom.